The number of ether oxygens (including phenoxy) is 2. The second-order valence-electron chi connectivity index (χ2n) is 5.29. The molecular weight excluding hydrogens is 306 g/mol. The van der Waals surface area contributed by atoms with Crippen molar-refractivity contribution in [2.75, 3.05) is 19.5 Å². The summed E-state index contributed by atoms with van der Waals surface area (Å²) in [5, 5.41) is 11.4. The van der Waals surface area contributed by atoms with E-state index in [4.69, 9.17) is 13.9 Å². The molecule has 0 spiro atoms. The summed E-state index contributed by atoms with van der Waals surface area (Å²) in [6.07, 6.45) is 0. The SMILES string of the molecule is COc1ccc(NCc2nnc(-c3cccc(C)c3)o2)c(OC)c1. The van der Waals surface area contributed by atoms with Crippen LogP contribution in [0.25, 0.3) is 11.5 Å². The number of aryl methyl sites for hydroxylation is 1. The smallest absolute Gasteiger partial charge is 0.247 e. The molecule has 0 amide bonds. The van der Waals surface area contributed by atoms with Crippen molar-refractivity contribution in [3.63, 3.8) is 0 Å². The number of rotatable bonds is 6. The van der Waals surface area contributed by atoms with Crippen molar-refractivity contribution < 1.29 is 13.9 Å². The molecule has 6 nitrogen and oxygen atoms in total. The van der Waals surface area contributed by atoms with Gasteiger partial charge in [-0.05, 0) is 31.2 Å². The Kier molecular flexibility index (Phi) is 4.65. The van der Waals surface area contributed by atoms with Crippen LogP contribution < -0.4 is 14.8 Å². The lowest BCUT2D eigenvalue weighted by Gasteiger charge is -2.11. The van der Waals surface area contributed by atoms with Crippen molar-refractivity contribution in [3.05, 3.63) is 53.9 Å². The lowest BCUT2D eigenvalue weighted by molar-refractivity contribution is 0.395. The van der Waals surface area contributed by atoms with E-state index in [0.29, 0.717) is 24.1 Å². The van der Waals surface area contributed by atoms with Crippen molar-refractivity contribution in [1.82, 2.24) is 10.2 Å². The average molecular weight is 325 g/mol. The van der Waals surface area contributed by atoms with Gasteiger partial charge in [0.15, 0.2) is 0 Å². The van der Waals surface area contributed by atoms with Gasteiger partial charge in [0.05, 0.1) is 26.5 Å². The predicted octanol–water partition coefficient (Wildman–Crippen LogP) is 3.67. The lowest BCUT2D eigenvalue weighted by Crippen LogP contribution is -2.02. The number of hydrogen-bond donors (Lipinski definition) is 1. The van der Waals surface area contributed by atoms with Gasteiger partial charge in [-0.2, -0.15) is 0 Å². The van der Waals surface area contributed by atoms with E-state index in [9.17, 15) is 0 Å². The van der Waals surface area contributed by atoms with Crippen LogP contribution in [0.2, 0.25) is 0 Å². The second-order valence-corrected chi connectivity index (χ2v) is 5.29. The van der Waals surface area contributed by atoms with Crippen molar-refractivity contribution in [3.8, 4) is 23.0 Å². The molecule has 0 saturated carbocycles. The van der Waals surface area contributed by atoms with E-state index in [1.165, 1.54) is 0 Å². The summed E-state index contributed by atoms with van der Waals surface area (Å²) >= 11 is 0. The van der Waals surface area contributed by atoms with Crippen LogP contribution >= 0.6 is 0 Å². The number of benzene rings is 2. The van der Waals surface area contributed by atoms with Gasteiger partial charge in [-0.1, -0.05) is 17.7 Å². The maximum Gasteiger partial charge on any atom is 0.247 e. The third kappa shape index (κ3) is 3.48. The minimum Gasteiger partial charge on any atom is -0.497 e. The Hall–Kier alpha value is -3.02. The van der Waals surface area contributed by atoms with E-state index in [1.807, 2.05) is 49.4 Å². The first-order chi connectivity index (χ1) is 11.7. The molecule has 0 bridgehead atoms. The summed E-state index contributed by atoms with van der Waals surface area (Å²) in [5.74, 6) is 2.44. The van der Waals surface area contributed by atoms with Gasteiger partial charge in [0.25, 0.3) is 0 Å². The summed E-state index contributed by atoms with van der Waals surface area (Å²) in [7, 11) is 3.23. The van der Waals surface area contributed by atoms with Crippen LogP contribution in [0, 0.1) is 6.92 Å². The molecule has 0 aliphatic rings. The molecule has 6 heteroatoms. The standard InChI is InChI=1S/C18H19N3O3/c1-12-5-4-6-13(9-12)18-21-20-17(24-18)11-19-15-8-7-14(22-2)10-16(15)23-3/h4-10,19H,11H2,1-3H3. The van der Waals surface area contributed by atoms with Crippen LogP contribution in [0.1, 0.15) is 11.5 Å². The first-order valence-electron chi connectivity index (χ1n) is 7.55. The van der Waals surface area contributed by atoms with Crippen LogP contribution in [0.3, 0.4) is 0 Å². The Morgan fingerprint density at radius 3 is 2.67 bits per heavy atom. The fourth-order valence-electron chi connectivity index (χ4n) is 2.34. The number of aromatic nitrogens is 2. The first kappa shape index (κ1) is 15.9. The minimum atomic E-state index is 0.404. The van der Waals surface area contributed by atoms with Gasteiger partial charge in [0, 0.05) is 11.6 Å². The molecule has 3 aromatic rings. The molecule has 1 N–H and O–H groups in total. The number of hydrogen-bond acceptors (Lipinski definition) is 6. The third-order valence-corrected chi connectivity index (χ3v) is 3.57. The Balaban J connectivity index is 1.72. The largest absolute Gasteiger partial charge is 0.497 e. The van der Waals surface area contributed by atoms with Crippen LogP contribution in [-0.4, -0.2) is 24.4 Å². The fraction of sp³-hybridized carbons (Fsp3) is 0.222. The van der Waals surface area contributed by atoms with Gasteiger partial charge < -0.3 is 19.2 Å². The van der Waals surface area contributed by atoms with Crippen molar-refractivity contribution >= 4 is 5.69 Å². The monoisotopic (exact) mass is 325 g/mol. The quantitative estimate of drug-likeness (QED) is 0.745. The van der Waals surface area contributed by atoms with E-state index >= 15 is 0 Å². The molecule has 0 unspecified atom stereocenters. The molecule has 0 saturated heterocycles. The zero-order chi connectivity index (χ0) is 16.9. The second kappa shape index (κ2) is 7.04. The molecule has 0 atom stereocenters. The molecule has 0 radical (unpaired) electrons. The molecular formula is C18H19N3O3. The first-order valence-corrected chi connectivity index (χ1v) is 7.55. The van der Waals surface area contributed by atoms with Crippen LogP contribution in [0.5, 0.6) is 11.5 Å². The molecule has 0 fully saturated rings. The van der Waals surface area contributed by atoms with Crippen LogP contribution in [0.4, 0.5) is 5.69 Å². The number of nitrogens with one attached hydrogen (secondary N) is 1. The number of anilines is 1. The zero-order valence-electron chi connectivity index (χ0n) is 13.9. The van der Waals surface area contributed by atoms with Gasteiger partial charge >= 0.3 is 0 Å². The molecule has 1 heterocycles. The number of methoxy groups -OCH3 is 2. The van der Waals surface area contributed by atoms with Gasteiger partial charge in [-0.15, -0.1) is 10.2 Å². The maximum atomic E-state index is 5.71. The fourth-order valence-corrected chi connectivity index (χ4v) is 2.34. The third-order valence-electron chi connectivity index (χ3n) is 3.57. The Bertz CT molecular complexity index is 830. The average Bonchev–Trinajstić information content (AvgIpc) is 3.09. The van der Waals surface area contributed by atoms with Gasteiger partial charge in [0.2, 0.25) is 11.8 Å². The van der Waals surface area contributed by atoms with Crippen molar-refractivity contribution in [2.24, 2.45) is 0 Å². The van der Waals surface area contributed by atoms with Crippen molar-refractivity contribution in [2.45, 2.75) is 13.5 Å². The maximum absolute atomic E-state index is 5.71. The molecule has 3 rings (SSSR count). The van der Waals surface area contributed by atoms with E-state index in [-0.39, 0.29) is 0 Å². The highest BCUT2D eigenvalue weighted by Crippen LogP contribution is 2.29. The molecule has 124 valence electrons. The molecule has 1 aromatic heterocycles. The molecule has 0 aliphatic carbocycles. The highest BCUT2D eigenvalue weighted by molar-refractivity contribution is 5.59. The molecule has 0 aliphatic heterocycles. The lowest BCUT2D eigenvalue weighted by atomic mass is 10.1. The normalized spacial score (nSPS) is 10.5. The van der Waals surface area contributed by atoms with Gasteiger partial charge in [-0.3, -0.25) is 0 Å². The van der Waals surface area contributed by atoms with E-state index in [2.05, 4.69) is 15.5 Å². The summed E-state index contributed by atoms with van der Waals surface area (Å²) in [6, 6.07) is 13.5. The van der Waals surface area contributed by atoms with Gasteiger partial charge in [-0.25, -0.2) is 0 Å². The Labute approximate surface area is 140 Å². The highest BCUT2D eigenvalue weighted by Gasteiger charge is 2.10. The molecule has 2 aromatic carbocycles. The topological polar surface area (TPSA) is 69.4 Å². The predicted molar refractivity (Wildman–Crippen MR) is 91.3 cm³/mol. The van der Waals surface area contributed by atoms with E-state index < -0.39 is 0 Å². The summed E-state index contributed by atoms with van der Waals surface area (Å²) in [5.41, 5.74) is 2.89. The van der Waals surface area contributed by atoms with Gasteiger partial charge in [0.1, 0.15) is 11.5 Å². The Morgan fingerprint density at radius 1 is 1.04 bits per heavy atom. The zero-order valence-corrected chi connectivity index (χ0v) is 13.9. The number of nitrogens with zero attached hydrogens (tertiary/aromatic N) is 2. The van der Waals surface area contributed by atoms with E-state index in [1.54, 1.807) is 14.2 Å². The summed E-state index contributed by atoms with van der Waals surface area (Å²) in [6.45, 7) is 2.43. The molecule has 24 heavy (non-hydrogen) atoms. The van der Waals surface area contributed by atoms with Crippen molar-refractivity contribution in [1.29, 1.82) is 0 Å². The summed E-state index contributed by atoms with van der Waals surface area (Å²) in [4.78, 5) is 0. The van der Waals surface area contributed by atoms with E-state index in [0.717, 1.165) is 22.6 Å². The Morgan fingerprint density at radius 2 is 1.92 bits per heavy atom. The minimum absolute atomic E-state index is 0.404. The summed E-state index contributed by atoms with van der Waals surface area (Å²) < 4.78 is 16.3. The van der Waals surface area contributed by atoms with Crippen LogP contribution in [0.15, 0.2) is 46.9 Å². The highest BCUT2D eigenvalue weighted by atomic mass is 16.5. The van der Waals surface area contributed by atoms with Crippen LogP contribution in [-0.2, 0) is 6.54 Å².